The van der Waals surface area contributed by atoms with Crippen LogP contribution in [0.5, 0.6) is 11.5 Å². The van der Waals surface area contributed by atoms with Gasteiger partial charge in [-0.1, -0.05) is 23.7 Å². The summed E-state index contributed by atoms with van der Waals surface area (Å²) in [4.78, 5) is 22.9. The Balaban J connectivity index is 2.12. The molecule has 0 atom stereocenters. The number of carbonyl (C=O) groups is 2. The fourth-order valence-electron chi connectivity index (χ4n) is 1.74. The van der Waals surface area contributed by atoms with Gasteiger partial charge < -0.3 is 19.4 Å². The van der Waals surface area contributed by atoms with Gasteiger partial charge in [0.1, 0.15) is 6.61 Å². The molecule has 7 heteroatoms. The number of halogens is 1. The van der Waals surface area contributed by atoms with Crippen LogP contribution in [-0.2, 0) is 4.79 Å². The fourth-order valence-corrected chi connectivity index (χ4v) is 2.71. The molecule has 0 saturated carbocycles. The fraction of sp³-hybridized carbons (Fsp3) is 0.125. The van der Waals surface area contributed by atoms with Gasteiger partial charge in [-0.15, -0.1) is 11.3 Å². The second-order valence-electron chi connectivity index (χ2n) is 4.37. The number of rotatable bonds is 7. The van der Waals surface area contributed by atoms with Crippen molar-refractivity contribution in [3.8, 4) is 11.5 Å². The third-order valence-electron chi connectivity index (χ3n) is 2.78. The number of benzene rings is 1. The van der Waals surface area contributed by atoms with E-state index in [0.717, 1.165) is 0 Å². The Morgan fingerprint density at radius 3 is 2.65 bits per heavy atom. The molecule has 1 aromatic carbocycles. The SMILES string of the molecule is COc1cc(/C=C/C(=O)c2ccc(Cl)s2)ccc1OCC(=O)[O-]. The van der Waals surface area contributed by atoms with E-state index in [4.69, 9.17) is 21.1 Å². The van der Waals surface area contributed by atoms with Crippen LogP contribution >= 0.6 is 22.9 Å². The Hall–Kier alpha value is -2.31. The molecular weight excluding hydrogens is 340 g/mol. The van der Waals surface area contributed by atoms with Gasteiger partial charge in [-0.2, -0.15) is 0 Å². The third-order valence-corrected chi connectivity index (χ3v) is 4.02. The molecule has 0 amide bonds. The normalized spacial score (nSPS) is 10.7. The maximum absolute atomic E-state index is 12.0. The lowest BCUT2D eigenvalue weighted by Gasteiger charge is -2.11. The number of hydrogen-bond donors (Lipinski definition) is 0. The molecule has 0 N–H and O–H groups in total. The Morgan fingerprint density at radius 1 is 1.26 bits per heavy atom. The minimum atomic E-state index is -1.32. The molecule has 0 aliphatic carbocycles. The van der Waals surface area contributed by atoms with E-state index in [1.54, 1.807) is 36.4 Å². The molecule has 0 fully saturated rings. The summed E-state index contributed by atoms with van der Waals surface area (Å²) >= 11 is 7.00. The Morgan fingerprint density at radius 2 is 2.04 bits per heavy atom. The topological polar surface area (TPSA) is 75.7 Å². The molecule has 2 rings (SSSR count). The van der Waals surface area contributed by atoms with Crippen molar-refractivity contribution in [1.82, 2.24) is 0 Å². The molecule has 0 spiro atoms. The van der Waals surface area contributed by atoms with Crippen LogP contribution in [0.3, 0.4) is 0 Å². The van der Waals surface area contributed by atoms with Gasteiger partial charge in [0.2, 0.25) is 0 Å². The number of carboxylic acid groups (broad SMARTS) is 1. The van der Waals surface area contributed by atoms with Crippen LogP contribution < -0.4 is 14.6 Å². The zero-order valence-electron chi connectivity index (χ0n) is 12.1. The van der Waals surface area contributed by atoms with Crippen LogP contribution in [0.4, 0.5) is 0 Å². The quantitative estimate of drug-likeness (QED) is 0.565. The van der Waals surface area contributed by atoms with E-state index in [-0.39, 0.29) is 11.5 Å². The van der Waals surface area contributed by atoms with E-state index in [0.29, 0.717) is 20.5 Å². The van der Waals surface area contributed by atoms with E-state index < -0.39 is 12.6 Å². The van der Waals surface area contributed by atoms with Crippen LogP contribution in [0.1, 0.15) is 15.2 Å². The highest BCUT2D eigenvalue weighted by atomic mass is 35.5. The second kappa shape index (κ2) is 7.80. The average molecular weight is 352 g/mol. The minimum absolute atomic E-state index is 0.154. The van der Waals surface area contributed by atoms with Gasteiger partial charge in [0.25, 0.3) is 0 Å². The summed E-state index contributed by atoms with van der Waals surface area (Å²) in [5.41, 5.74) is 0.707. The van der Waals surface area contributed by atoms with Crippen molar-refractivity contribution in [2.45, 2.75) is 0 Å². The highest BCUT2D eigenvalue weighted by molar-refractivity contribution is 7.18. The monoisotopic (exact) mass is 351 g/mol. The largest absolute Gasteiger partial charge is 0.546 e. The van der Waals surface area contributed by atoms with E-state index in [2.05, 4.69) is 0 Å². The zero-order valence-corrected chi connectivity index (χ0v) is 13.6. The molecule has 5 nitrogen and oxygen atoms in total. The average Bonchev–Trinajstić information content (AvgIpc) is 2.97. The van der Waals surface area contributed by atoms with Crippen molar-refractivity contribution >= 4 is 40.8 Å². The zero-order chi connectivity index (χ0) is 16.8. The lowest BCUT2D eigenvalue weighted by Crippen LogP contribution is -2.29. The summed E-state index contributed by atoms with van der Waals surface area (Å²) in [6, 6.07) is 8.21. The van der Waals surface area contributed by atoms with Crippen molar-refractivity contribution in [1.29, 1.82) is 0 Å². The molecule has 1 aromatic heterocycles. The lowest BCUT2D eigenvalue weighted by molar-refractivity contribution is -0.307. The van der Waals surface area contributed by atoms with Crippen molar-refractivity contribution in [3.63, 3.8) is 0 Å². The van der Waals surface area contributed by atoms with Crippen molar-refractivity contribution in [3.05, 3.63) is 51.2 Å². The highest BCUT2D eigenvalue weighted by Gasteiger charge is 2.07. The number of carbonyl (C=O) groups excluding carboxylic acids is 2. The smallest absolute Gasteiger partial charge is 0.195 e. The number of carboxylic acids is 1. The van der Waals surface area contributed by atoms with E-state index in [1.165, 1.54) is 24.5 Å². The predicted octanol–water partition coefficient (Wildman–Crippen LogP) is 2.43. The first-order valence-electron chi connectivity index (χ1n) is 6.48. The molecule has 0 saturated heterocycles. The number of ether oxygens (including phenoxy) is 2. The van der Waals surface area contributed by atoms with Crippen molar-refractivity contribution < 1.29 is 24.2 Å². The van der Waals surface area contributed by atoms with Crippen LogP contribution in [-0.4, -0.2) is 25.5 Å². The van der Waals surface area contributed by atoms with Crippen LogP contribution in [0.15, 0.2) is 36.4 Å². The molecule has 120 valence electrons. The number of aliphatic carboxylic acids is 1. The lowest BCUT2D eigenvalue weighted by atomic mass is 10.1. The number of allylic oxidation sites excluding steroid dienone is 1. The molecular formula is C16H12ClO5S-. The number of hydrogen-bond acceptors (Lipinski definition) is 6. The van der Waals surface area contributed by atoms with Gasteiger partial charge in [-0.3, -0.25) is 4.79 Å². The second-order valence-corrected chi connectivity index (χ2v) is 6.09. The van der Waals surface area contributed by atoms with Gasteiger partial charge >= 0.3 is 0 Å². The Bertz CT molecular complexity index is 751. The van der Waals surface area contributed by atoms with Crippen LogP contribution in [0, 0.1) is 0 Å². The maximum Gasteiger partial charge on any atom is 0.195 e. The summed E-state index contributed by atoms with van der Waals surface area (Å²) in [6.07, 6.45) is 3.06. The standard InChI is InChI=1S/C16H13ClO5S/c1-21-13-8-10(3-5-12(13)22-9-16(19)20)2-4-11(18)14-6-7-15(17)23-14/h2-8H,9H2,1H3,(H,19,20)/p-1/b4-2+. The molecule has 0 aliphatic heterocycles. The molecule has 23 heavy (non-hydrogen) atoms. The Kier molecular flexibility index (Phi) is 5.78. The van der Waals surface area contributed by atoms with Gasteiger partial charge in [0, 0.05) is 0 Å². The molecule has 0 aliphatic rings. The first-order valence-corrected chi connectivity index (χ1v) is 7.67. The molecule has 0 radical (unpaired) electrons. The number of thiophene rings is 1. The summed E-state index contributed by atoms with van der Waals surface area (Å²) < 4.78 is 10.7. The predicted molar refractivity (Wildman–Crippen MR) is 86.2 cm³/mol. The van der Waals surface area contributed by atoms with Crippen molar-refractivity contribution in [2.24, 2.45) is 0 Å². The third kappa shape index (κ3) is 4.84. The van der Waals surface area contributed by atoms with Gasteiger partial charge in [0.05, 0.1) is 22.3 Å². The van der Waals surface area contributed by atoms with E-state index >= 15 is 0 Å². The van der Waals surface area contributed by atoms with Gasteiger partial charge in [0.15, 0.2) is 17.3 Å². The number of methoxy groups -OCH3 is 1. The van der Waals surface area contributed by atoms with Gasteiger partial charge in [-0.05, 0) is 35.9 Å². The first-order chi connectivity index (χ1) is 11.0. The molecule has 0 unspecified atom stereocenters. The summed E-state index contributed by atoms with van der Waals surface area (Å²) in [5, 5.41) is 10.4. The Labute approximate surface area is 141 Å². The van der Waals surface area contributed by atoms with Crippen molar-refractivity contribution in [2.75, 3.05) is 13.7 Å². The summed E-state index contributed by atoms with van der Waals surface area (Å²) in [7, 11) is 1.44. The minimum Gasteiger partial charge on any atom is -0.546 e. The summed E-state index contributed by atoms with van der Waals surface area (Å²) in [6.45, 7) is -0.566. The molecule has 2 aromatic rings. The van der Waals surface area contributed by atoms with Crippen LogP contribution in [0.25, 0.3) is 6.08 Å². The maximum atomic E-state index is 12.0. The van der Waals surface area contributed by atoms with E-state index in [1.807, 2.05) is 0 Å². The molecule has 1 heterocycles. The summed E-state index contributed by atoms with van der Waals surface area (Å²) in [5.74, 6) is -0.834. The van der Waals surface area contributed by atoms with Gasteiger partial charge in [-0.25, -0.2) is 0 Å². The van der Waals surface area contributed by atoms with E-state index in [9.17, 15) is 14.7 Å². The first kappa shape index (κ1) is 17.1. The number of ketones is 1. The molecule has 0 bridgehead atoms. The highest BCUT2D eigenvalue weighted by Crippen LogP contribution is 2.28. The van der Waals surface area contributed by atoms with Crippen LogP contribution in [0.2, 0.25) is 4.34 Å².